The van der Waals surface area contributed by atoms with Gasteiger partial charge in [-0.05, 0) is 31.4 Å². The molecule has 0 aromatic heterocycles. The van der Waals surface area contributed by atoms with Crippen LogP contribution in [0, 0.1) is 0 Å². The lowest BCUT2D eigenvalue weighted by Crippen LogP contribution is -2.69. The van der Waals surface area contributed by atoms with E-state index in [0.717, 1.165) is 59.1 Å². The zero-order valence-corrected chi connectivity index (χ0v) is 37.3. The Morgan fingerprint density at radius 3 is 1.48 bits per heavy atom. The van der Waals surface area contributed by atoms with E-state index in [1.165, 1.54) is 0 Å². The Bertz CT molecular complexity index is 1950. The van der Waals surface area contributed by atoms with Gasteiger partial charge in [-0.15, -0.1) is 0 Å². The van der Waals surface area contributed by atoms with E-state index in [9.17, 15) is 38.4 Å². The number of rotatable bonds is 15. The molecule has 0 aliphatic carbocycles. The van der Waals surface area contributed by atoms with Crippen molar-refractivity contribution in [3.05, 3.63) is 60.7 Å². The highest BCUT2D eigenvalue weighted by Crippen LogP contribution is 2.46. The Hall–Kier alpha value is -5.69. The number of nitrogens with zero attached hydrogens (tertiary/aromatic N) is 1. The molecule has 3 fully saturated rings. The first-order chi connectivity index (χ1) is 30.4. The van der Waals surface area contributed by atoms with Crippen molar-refractivity contribution in [2.75, 3.05) is 19.8 Å². The molecular formula is C43H53N2O18P. The number of esters is 7. The van der Waals surface area contributed by atoms with E-state index >= 15 is 0 Å². The Balaban J connectivity index is 1.55. The molecule has 0 bridgehead atoms. The van der Waals surface area contributed by atoms with Crippen LogP contribution in [0.3, 0.4) is 0 Å². The average molecular weight is 917 g/mol. The zero-order valence-electron chi connectivity index (χ0n) is 36.4. The second-order valence-corrected chi connectivity index (χ2v) is 17.4. The van der Waals surface area contributed by atoms with Crippen LogP contribution in [-0.2, 0) is 80.9 Å². The fraction of sp³-hybridized carbons (Fsp3) is 0.535. The molecule has 2 aromatic rings. The molecular weight excluding hydrogens is 863 g/mol. The molecule has 11 atom stereocenters. The largest absolute Gasteiger partial charge is 0.463 e. The SMILES string of the molecule is CC(=O)OC[C@H]1O[C@@H](NC(=O)N2CCCC2P(c2ccccc2)c2ccccc2)[C@H](OC(C)=O)[C@@H](OC(C)=O)[C@@H]1O[C@@H]1O[C@H](COC(C)=O)[C@@H](OC(C)=O)[C@H](OC(C)=O)[C@H]1OC(C)=O. The van der Waals surface area contributed by atoms with E-state index in [0.29, 0.717) is 19.4 Å². The normalized spacial score (nSPS) is 27.6. The number of amides is 2. The monoisotopic (exact) mass is 916 g/mol. The van der Waals surface area contributed by atoms with Gasteiger partial charge in [0.2, 0.25) is 0 Å². The van der Waals surface area contributed by atoms with Crippen molar-refractivity contribution in [1.82, 2.24) is 10.2 Å². The predicted octanol–water partition coefficient (Wildman–Crippen LogP) is 1.87. The van der Waals surface area contributed by atoms with Gasteiger partial charge in [0.25, 0.3) is 0 Å². The maximum atomic E-state index is 14.5. The highest BCUT2D eigenvalue weighted by atomic mass is 31.1. The van der Waals surface area contributed by atoms with Crippen molar-refractivity contribution in [3.8, 4) is 0 Å². The van der Waals surface area contributed by atoms with Crippen LogP contribution in [0.5, 0.6) is 0 Å². The summed E-state index contributed by atoms with van der Waals surface area (Å²) in [4.78, 5) is 104. The molecule has 3 heterocycles. The quantitative estimate of drug-likeness (QED) is 0.152. The minimum Gasteiger partial charge on any atom is -0.463 e. The molecule has 5 rings (SSSR count). The highest BCUT2D eigenvalue weighted by Gasteiger charge is 2.58. The smallest absolute Gasteiger partial charge is 0.320 e. The Morgan fingerprint density at radius 1 is 0.562 bits per heavy atom. The molecule has 348 valence electrons. The standard InChI is InChI=1S/C43H53N2O18P/c1-23(46)54-21-32-36(63-42-40(60-29(7)52)38(58-27(5)50)35(56-25(3)48)33(62-42)22-55-24(2)47)37(57-26(4)49)39(59-28(6)51)41(61-32)44-43(53)45-20-14-19-34(45)64(30-15-10-8-11-16-30)31-17-12-9-13-18-31/h8-13,15-18,32-42H,14,19-22H2,1-7H3,(H,44,53)/t32-,33-,34?,35-,36-,37+,38+,39-,40-,41-,42+/m1/s1. The lowest BCUT2D eigenvalue weighted by Gasteiger charge is -2.49. The lowest BCUT2D eigenvalue weighted by molar-refractivity contribution is -0.345. The number of likely N-dealkylation sites (tertiary alicyclic amines) is 1. The summed E-state index contributed by atoms with van der Waals surface area (Å²) >= 11 is 0. The second kappa shape index (κ2) is 22.8. The van der Waals surface area contributed by atoms with Gasteiger partial charge in [0.05, 0.1) is 5.78 Å². The van der Waals surface area contributed by atoms with E-state index in [2.05, 4.69) is 5.32 Å². The van der Waals surface area contributed by atoms with Crippen LogP contribution in [0.25, 0.3) is 0 Å². The van der Waals surface area contributed by atoms with Crippen LogP contribution in [-0.4, -0.2) is 140 Å². The molecule has 1 N–H and O–H groups in total. The van der Waals surface area contributed by atoms with Crippen molar-refractivity contribution in [2.24, 2.45) is 0 Å². The van der Waals surface area contributed by atoms with Crippen molar-refractivity contribution < 1.29 is 85.7 Å². The van der Waals surface area contributed by atoms with Crippen LogP contribution in [0.15, 0.2) is 60.7 Å². The predicted molar refractivity (Wildman–Crippen MR) is 221 cm³/mol. The van der Waals surface area contributed by atoms with Gasteiger partial charge in [0.15, 0.2) is 43.0 Å². The van der Waals surface area contributed by atoms with Crippen LogP contribution in [0.4, 0.5) is 4.79 Å². The maximum absolute atomic E-state index is 14.5. The zero-order chi connectivity index (χ0) is 46.7. The van der Waals surface area contributed by atoms with Crippen molar-refractivity contribution in [2.45, 2.75) is 128 Å². The topological polar surface area (TPSA) is 244 Å². The lowest BCUT2D eigenvalue weighted by atomic mass is 9.95. The van der Waals surface area contributed by atoms with Gasteiger partial charge in [-0.2, -0.15) is 0 Å². The maximum Gasteiger partial charge on any atom is 0.320 e. The third-order valence-electron chi connectivity index (χ3n) is 10.0. The van der Waals surface area contributed by atoms with Gasteiger partial charge < -0.3 is 57.6 Å². The summed E-state index contributed by atoms with van der Waals surface area (Å²) < 4.78 is 57.6. The molecule has 20 nitrogen and oxygen atoms in total. The summed E-state index contributed by atoms with van der Waals surface area (Å²) in [5.41, 5.74) is 0. The fourth-order valence-corrected chi connectivity index (χ4v) is 10.7. The first-order valence-electron chi connectivity index (χ1n) is 20.5. The number of ether oxygens (including phenoxy) is 10. The molecule has 0 saturated carbocycles. The van der Waals surface area contributed by atoms with Crippen molar-refractivity contribution in [3.63, 3.8) is 0 Å². The van der Waals surface area contributed by atoms with Crippen LogP contribution < -0.4 is 15.9 Å². The van der Waals surface area contributed by atoms with Crippen LogP contribution >= 0.6 is 7.92 Å². The summed E-state index contributed by atoms with van der Waals surface area (Å²) in [5.74, 6) is -6.32. The summed E-state index contributed by atoms with van der Waals surface area (Å²) in [6.45, 7) is 6.63. The molecule has 3 aliphatic heterocycles. The highest BCUT2D eigenvalue weighted by molar-refractivity contribution is 7.73. The van der Waals surface area contributed by atoms with E-state index in [-0.39, 0.29) is 5.78 Å². The summed E-state index contributed by atoms with van der Waals surface area (Å²) in [7, 11) is -1.12. The molecule has 2 amide bonds. The molecule has 3 aliphatic rings. The molecule has 1 unspecified atom stereocenters. The van der Waals surface area contributed by atoms with Crippen LogP contribution in [0.1, 0.15) is 61.3 Å². The van der Waals surface area contributed by atoms with Gasteiger partial charge in [0, 0.05) is 55.0 Å². The molecule has 3 saturated heterocycles. The van der Waals surface area contributed by atoms with Crippen molar-refractivity contribution in [1.29, 1.82) is 0 Å². The average Bonchev–Trinajstić information content (AvgIpc) is 3.70. The molecule has 64 heavy (non-hydrogen) atoms. The Kier molecular flexibility index (Phi) is 17.6. The van der Waals surface area contributed by atoms with Crippen molar-refractivity contribution >= 4 is 66.3 Å². The number of nitrogens with one attached hydrogen (secondary N) is 1. The minimum atomic E-state index is -1.85. The van der Waals surface area contributed by atoms with E-state index < -0.39 is 130 Å². The summed E-state index contributed by atoms with van der Waals surface area (Å²) in [5, 5.41) is 4.91. The van der Waals surface area contributed by atoms with E-state index in [4.69, 9.17) is 47.4 Å². The first kappa shape index (κ1) is 49.3. The summed E-state index contributed by atoms with van der Waals surface area (Å²) in [6, 6.07) is 19.0. The van der Waals surface area contributed by atoms with Crippen LogP contribution in [0.2, 0.25) is 0 Å². The number of urea groups is 1. The van der Waals surface area contributed by atoms with Gasteiger partial charge in [-0.3, -0.25) is 33.6 Å². The molecule has 21 heteroatoms. The third-order valence-corrected chi connectivity index (χ3v) is 12.9. The Morgan fingerprint density at radius 2 is 1.00 bits per heavy atom. The van der Waals surface area contributed by atoms with Gasteiger partial charge in [0.1, 0.15) is 31.5 Å². The first-order valence-corrected chi connectivity index (χ1v) is 21.9. The van der Waals surface area contributed by atoms with Gasteiger partial charge in [-0.1, -0.05) is 60.7 Å². The number of carbonyl (C=O) groups is 8. The molecule has 2 aromatic carbocycles. The minimum absolute atomic E-state index is 0.282. The molecule has 0 radical (unpaired) electrons. The van der Waals surface area contributed by atoms with Gasteiger partial charge >= 0.3 is 47.8 Å². The van der Waals surface area contributed by atoms with E-state index in [1.807, 2.05) is 60.7 Å². The number of hydrogen-bond acceptors (Lipinski definition) is 18. The molecule has 0 spiro atoms. The second-order valence-electron chi connectivity index (χ2n) is 15.0. The number of hydrogen-bond donors (Lipinski definition) is 1. The van der Waals surface area contributed by atoms with E-state index in [1.54, 1.807) is 4.90 Å². The Labute approximate surface area is 370 Å². The number of carbonyl (C=O) groups excluding carboxylic acids is 8. The van der Waals surface area contributed by atoms with Gasteiger partial charge in [-0.25, -0.2) is 4.79 Å². The number of benzene rings is 2. The fourth-order valence-electron chi connectivity index (χ4n) is 7.76. The summed E-state index contributed by atoms with van der Waals surface area (Å²) in [6.07, 6.45) is -14.9. The third kappa shape index (κ3) is 13.2.